The Morgan fingerprint density at radius 3 is 2.40 bits per heavy atom. The standard InChI is InChI=1S/C61H84BrClN8O16/c1-33(2)51(66-40(32-72)20-16-19-36(5)84-56(77)35(4)31-62)54(75)68-43(23-17-25-65-58(64)79)53(74)67-42-22-14-13-21-41(42)55(76)70(9)38(7)57(78)86-48-29-49(73)71(10)44-27-39(28-45(82-11)50(44)63)26-34(3)18-15-24-47(83-12)61(81)30-46(85-59(80)69-61)37(6)52-60(48,8)87-52/h13-15,18,21-22,24,27-28,32-33,36-38,40,43,46-48,51-52,66,81H,4,16-17,19-20,23,25-26,29-31H2,1-3,5-12H3,(H,67,74)(H,68,75)(H,69,80)(H3,64,65,79)/b24-15+,34-18+/t36?,37-,38+,40?,43+,46+,47-,48+,51+,52+,60+,61+/m1/s1. The lowest BCUT2D eigenvalue weighted by Crippen LogP contribution is -2.63. The first-order chi connectivity index (χ1) is 41.0. The number of methoxy groups -OCH3 is 2. The van der Waals surface area contributed by atoms with E-state index in [1.165, 1.54) is 52.3 Å². The van der Waals surface area contributed by atoms with Crippen LogP contribution in [0, 0.1) is 11.8 Å². The summed E-state index contributed by atoms with van der Waals surface area (Å²) in [6.45, 7) is 15.6. The molecule has 12 atom stereocenters. The maximum atomic E-state index is 14.6. The smallest absolute Gasteiger partial charge is 0.409 e. The summed E-state index contributed by atoms with van der Waals surface area (Å²) in [4.78, 5) is 124. The van der Waals surface area contributed by atoms with Gasteiger partial charge in [0.25, 0.3) is 5.91 Å². The number of aldehydes is 1. The molecule has 2 fully saturated rings. The molecule has 3 aliphatic heterocycles. The molecule has 2 saturated heterocycles. The van der Waals surface area contributed by atoms with Gasteiger partial charge in [-0.25, -0.2) is 19.2 Å². The molecule has 0 saturated carbocycles. The number of fused-ring (bicyclic) bond motifs is 5. The van der Waals surface area contributed by atoms with E-state index in [1.807, 2.05) is 13.0 Å². The molecular formula is C61H84BrClN8O16. The van der Waals surface area contributed by atoms with Crippen LogP contribution >= 0.6 is 27.5 Å². The summed E-state index contributed by atoms with van der Waals surface area (Å²) in [6.07, 6.45) is 1.40. The molecule has 0 radical (unpaired) electrons. The largest absolute Gasteiger partial charge is 0.495 e. The van der Waals surface area contributed by atoms with Crippen LogP contribution in [0.4, 0.5) is 21.0 Å². The highest BCUT2D eigenvalue weighted by atomic mass is 79.9. The number of esters is 2. The van der Waals surface area contributed by atoms with Crippen molar-refractivity contribution in [3.8, 4) is 5.75 Å². The molecule has 0 aromatic heterocycles. The van der Waals surface area contributed by atoms with Gasteiger partial charge in [0.1, 0.15) is 53.1 Å². The van der Waals surface area contributed by atoms with Crippen molar-refractivity contribution in [1.82, 2.24) is 26.2 Å². The molecule has 3 heterocycles. The summed E-state index contributed by atoms with van der Waals surface area (Å²) in [7, 11) is 5.71. The van der Waals surface area contributed by atoms with Crippen molar-refractivity contribution in [2.75, 3.05) is 50.4 Å². The Kier molecular flexibility index (Phi) is 25.9. The Balaban J connectivity index is 1.38. The molecule has 478 valence electrons. The molecule has 2 aromatic carbocycles. The highest BCUT2D eigenvalue weighted by molar-refractivity contribution is 9.09. The number of likely N-dealkylation sites (N-methyl/N-ethyl adjacent to an activating group) is 1. The van der Waals surface area contributed by atoms with E-state index in [0.29, 0.717) is 43.4 Å². The van der Waals surface area contributed by atoms with Gasteiger partial charge in [-0.1, -0.05) is 90.8 Å². The second-order valence-electron chi connectivity index (χ2n) is 22.9. The molecule has 3 aliphatic rings. The van der Waals surface area contributed by atoms with Gasteiger partial charge in [-0.05, 0) is 102 Å². The first kappa shape index (κ1) is 70.9. The molecule has 2 unspecified atom stereocenters. The Hall–Kier alpha value is -6.90. The molecule has 2 aromatic rings. The van der Waals surface area contributed by atoms with Crippen molar-refractivity contribution in [3.05, 3.63) is 88.5 Å². The fourth-order valence-electron chi connectivity index (χ4n) is 10.4. The number of hydrogen-bond donors (Lipinski definition) is 7. The van der Waals surface area contributed by atoms with E-state index in [1.54, 1.807) is 71.0 Å². The summed E-state index contributed by atoms with van der Waals surface area (Å²) in [5.74, 6) is -4.88. The third-order valence-electron chi connectivity index (χ3n) is 15.9. The third-order valence-corrected chi connectivity index (χ3v) is 16.9. The minimum Gasteiger partial charge on any atom is -0.495 e. The lowest BCUT2D eigenvalue weighted by molar-refractivity contribution is -0.158. The van der Waals surface area contributed by atoms with Crippen molar-refractivity contribution in [2.24, 2.45) is 17.6 Å². The number of carbonyl (C=O) groups is 9. The van der Waals surface area contributed by atoms with Crippen molar-refractivity contribution < 1.29 is 76.7 Å². The molecule has 5 rings (SSSR count). The molecule has 4 bridgehead atoms. The lowest BCUT2D eigenvalue weighted by atomic mass is 9.83. The van der Waals surface area contributed by atoms with E-state index in [4.69, 9.17) is 45.8 Å². The fraction of sp³-hybridized carbons (Fsp3) is 0.557. The van der Waals surface area contributed by atoms with Crippen LogP contribution in [0.2, 0.25) is 5.02 Å². The van der Waals surface area contributed by atoms with Gasteiger partial charge in [-0.15, -0.1) is 0 Å². The van der Waals surface area contributed by atoms with Crippen LogP contribution in [0.5, 0.6) is 5.75 Å². The molecule has 0 spiro atoms. The number of alkyl carbamates (subject to hydrolysis) is 1. The van der Waals surface area contributed by atoms with Crippen molar-refractivity contribution >= 4 is 92.9 Å². The number of epoxide rings is 1. The lowest BCUT2D eigenvalue weighted by Gasteiger charge is -2.42. The molecule has 8 N–H and O–H groups in total. The normalized spacial score (nSPS) is 24.7. The van der Waals surface area contributed by atoms with Crippen molar-refractivity contribution in [1.29, 1.82) is 0 Å². The Labute approximate surface area is 521 Å². The monoisotopic (exact) mass is 1300 g/mol. The number of nitrogens with one attached hydrogen (secondary N) is 5. The van der Waals surface area contributed by atoms with E-state index in [0.717, 1.165) is 16.0 Å². The quantitative estimate of drug-likeness (QED) is 0.0115. The number of carbonyl (C=O) groups excluding carboxylic acids is 9. The highest BCUT2D eigenvalue weighted by Crippen LogP contribution is 2.49. The van der Waals surface area contributed by atoms with Gasteiger partial charge in [0.05, 0.1) is 54.8 Å². The van der Waals surface area contributed by atoms with Crippen LogP contribution in [-0.2, 0) is 58.9 Å². The first-order valence-electron chi connectivity index (χ1n) is 28.8. The molecule has 26 heteroatoms. The Bertz CT molecular complexity index is 2930. The predicted octanol–water partition coefficient (Wildman–Crippen LogP) is 5.93. The number of amides is 7. The SMILES string of the molecule is C=C(CBr)C(=O)OC(C)CCCC(C=O)N[C@H](C(=O)N[C@@H](CCCNC(N)=O)C(=O)Nc1ccccc1C(=O)N(C)[C@@H](C)C(=O)O[C@H]1CC(=O)N(C)c2cc(cc(OC)c2Cl)C/C(C)=C/C=C/[C@@H](OC)[C@@]2(O)C[C@H](OC(=O)N2)[C@@H](C)[C@@H]2O[C@@]12C)C(C)C. The number of primary amides is 1. The number of urea groups is 1. The maximum absolute atomic E-state index is 14.6. The zero-order valence-electron chi connectivity index (χ0n) is 51.2. The highest BCUT2D eigenvalue weighted by Gasteiger charge is 2.64. The number of aliphatic hydroxyl groups is 1. The molecule has 87 heavy (non-hydrogen) atoms. The number of alkyl halides is 1. The van der Waals surface area contributed by atoms with Crippen molar-refractivity contribution in [3.63, 3.8) is 0 Å². The van der Waals surface area contributed by atoms with Crippen LogP contribution in [0.3, 0.4) is 0 Å². The number of para-hydroxylation sites is 1. The van der Waals surface area contributed by atoms with E-state index in [-0.39, 0.29) is 58.9 Å². The third kappa shape index (κ3) is 18.8. The minimum absolute atomic E-state index is 0.0122. The number of nitrogens with two attached hydrogens (primary N) is 1. The average molecular weight is 1300 g/mol. The number of allylic oxidation sites excluding steroid dienone is 3. The first-order valence-corrected chi connectivity index (χ1v) is 30.3. The van der Waals surface area contributed by atoms with Gasteiger partial charge < -0.3 is 69.8 Å². The number of anilines is 2. The van der Waals surface area contributed by atoms with E-state index in [2.05, 4.69) is 49.1 Å². The van der Waals surface area contributed by atoms with Crippen molar-refractivity contribution in [2.45, 2.75) is 166 Å². The number of nitrogens with zero attached hydrogens (tertiary/aromatic N) is 2. The Morgan fingerprint density at radius 2 is 1.76 bits per heavy atom. The summed E-state index contributed by atoms with van der Waals surface area (Å²) in [6, 6.07) is 4.33. The van der Waals surface area contributed by atoms with Gasteiger partial charge in [0.2, 0.25) is 17.7 Å². The van der Waals surface area contributed by atoms with Gasteiger partial charge >= 0.3 is 24.1 Å². The van der Waals surface area contributed by atoms with Crippen LogP contribution in [-0.4, -0.2) is 170 Å². The topological polar surface area (TPSA) is 325 Å². The number of hydrogen-bond acceptors (Lipinski definition) is 17. The molecule has 7 amide bonds. The van der Waals surface area contributed by atoms with Crippen LogP contribution in [0.1, 0.15) is 109 Å². The second kappa shape index (κ2) is 31.8. The van der Waals surface area contributed by atoms with Crippen LogP contribution < -0.4 is 42.0 Å². The van der Waals surface area contributed by atoms with Gasteiger partial charge in [-0.3, -0.25) is 29.8 Å². The molecular weight excluding hydrogens is 1220 g/mol. The second-order valence-corrected chi connectivity index (χ2v) is 23.8. The van der Waals surface area contributed by atoms with E-state index < -0.39 is 126 Å². The van der Waals surface area contributed by atoms with Gasteiger partial charge in [0.15, 0.2) is 5.72 Å². The zero-order chi connectivity index (χ0) is 64.7. The zero-order valence-corrected chi connectivity index (χ0v) is 53.5. The molecule has 24 nitrogen and oxygen atoms in total. The number of halogens is 2. The average Bonchev–Trinajstić information content (AvgIpc) is 1.59. The number of benzene rings is 2. The Morgan fingerprint density at radius 1 is 1.06 bits per heavy atom. The number of ether oxygens (including phenoxy) is 6. The maximum Gasteiger partial charge on any atom is 0.409 e. The van der Waals surface area contributed by atoms with Gasteiger partial charge in [-0.2, -0.15) is 0 Å². The predicted molar refractivity (Wildman–Crippen MR) is 328 cm³/mol. The summed E-state index contributed by atoms with van der Waals surface area (Å²) in [5.41, 5.74) is 4.07. The molecule has 0 aliphatic carbocycles. The van der Waals surface area contributed by atoms with Gasteiger partial charge in [0, 0.05) is 51.0 Å². The number of rotatable bonds is 25. The minimum atomic E-state index is -1.93. The van der Waals surface area contributed by atoms with Crippen LogP contribution in [0.15, 0.2) is 72.4 Å². The summed E-state index contributed by atoms with van der Waals surface area (Å²) >= 11 is 10.0. The summed E-state index contributed by atoms with van der Waals surface area (Å²) in [5, 5.41) is 26.0. The van der Waals surface area contributed by atoms with E-state index >= 15 is 0 Å². The van der Waals surface area contributed by atoms with Crippen LogP contribution in [0.25, 0.3) is 0 Å². The van der Waals surface area contributed by atoms with E-state index in [9.17, 15) is 48.3 Å². The summed E-state index contributed by atoms with van der Waals surface area (Å²) < 4.78 is 35.1. The fourth-order valence-corrected chi connectivity index (χ4v) is 11.0.